The number of fused-ring (bicyclic) bond motifs is 4. The molecule has 5 heteroatoms. The minimum Gasteiger partial charge on any atom is -0.244 e. The summed E-state index contributed by atoms with van der Waals surface area (Å²) < 4.78 is 0. The third kappa shape index (κ3) is 2.17. The Balaban J connectivity index is 1.76. The first-order chi connectivity index (χ1) is 12.7. The molecule has 1 aliphatic carbocycles. The molecule has 0 amide bonds. The van der Waals surface area contributed by atoms with Gasteiger partial charge >= 0.3 is 0 Å². The lowest BCUT2D eigenvalue weighted by atomic mass is 10.1. The fourth-order valence-corrected chi connectivity index (χ4v) is 4.20. The van der Waals surface area contributed by atoms with Crippen LogP contribution in [0.4, 0.5) is 0 Å². The Bertz CT molecular complexity index is 1260. The fraction of sp³-hybridized carbons (Fsp3) is 0.0476. The maximum Gasteiger partial charge on any atom is 0.206 e. The van der Waals surface area contributed by atoms with Gasteiger partial charge in [-0.2, -0.15) is 10.3 Å². The average molecular weight is 352 g/mol. The molecule has 0 spiro atoms. The maximum absolute atomic E-state index is 9.07. The van der Waals surface area contributed by atoms with Crippen molar-refractivity contribution in [1.29, 1.82) is 5.26 Å². The molecule has 122 valence electrons. The number of aryl methyl sites for hydroxylation is 1. The van der Waals surface area contributed by atoms with Gasteiger partial charge in [-0.3, -0.25) is 0 Å². The number of nitrogens with zero attached hydrogens (tertiary/aromatic N) is 4. The summed E-state index contributed by atoms with van der Waals surface area (Å²) in [5, 5.41) is 9.07. The van der Waals surface area contributed by atoms with Gasteiger partial charge < -0.3 is 0 Å². The zero-order chi connectivity index (χ0) is 17.7. The van der Waals surface area contributed by atoms with Crippen LogP contribution in [0.5, 0.6) is 0 Å². The van der Waals surface area contributed by atoms with Gasteiger partial charge in [-0.15, -0.1) is 11.3 Å². The summed E-state index contributed by atoms with van der Waals surface area (Å²) in [4.78, 5) is 16.2. The predicted octanol–water partition coefficient (Wildman–Crippen LogP) is 4.97. The fourth-order valence-electron chi connectivity index (χ4n) is 3.34. The Morgan fingerprint density at radius 3 is 2.50 bits per heavy atom. The number of hydrogen-bond donors (Lipinski definition) is 0. The molecule has 2 aromatic heterocycles. The smallest absolute Gasteiger partial charge is 0.206 e. The SMILES string of the molecule is Cc1ccc(-c2ccc3nc4c(nc3c2)-c2ccccc2C4=NC#N)s1. The molecule has 0 N–H and O–H groups in total. The molecule has 0 fully saturated rings. The topological polar surface area (TPSA) is 61.9 Å². The minimum atomic E-state index is 0.602. The van der Waals surface area contributed by atoms with Crippen molar-refractivity contribution >= 4 is 28.1 Å². The number of aromatic nitrogens is 2. The van der Waals surface area contributed by atoms with Crippen molar-refractivity contribution in [3.05, 3.63) is 70.7 Å². The van der Waals surface area contributed by atoms with Crippen LogP contribution in [0.2, 0.25) is 0 Å². The molecule has 4 nitrogen and oxygen atoms in total. The number of benzene rings is 2. The van der Waals surface area contributed by atoms with E-state index in [9.17, 15) is 0 Å². The number of hydrogen-bond acceptors (Lipinski definition) is 5. The molecular weight excluding hydrogens is 340 g/mol. The standard InChI is InChI=1S/C21H12N4S/c1-12-6-9-18(26-12)13-7-8-16-17(10-13)25-20-15-5-3-2-4-14(15)19(23-11-22)21(20)24-16/h2-10H,1H3. The van der Waals surface area contributed by atoms with Gasteiger partial charge in [-0.05, 0) is 36.8 Å². The molecule has 0 bridgehead atoms. The van der Waals surface area contributed by atoms with Crippen LogP contribution in [-0.4, -0.2) is 15.7 Å². The summed E-state index contributed by atoms with van der Waals surface area (Å²) in [6, 6.07) is 18.3. The Morgan fingerprint density at radius 2 is 1.73 bits per heavy atom. The number of nitriles is 1. The molecule has 1 aliphatic rings. The quantitative estimate of drug-likeness (QED) is 0.400. The summed E-state index contributed by atoms with van der Waals surface area (Å²) in [5.41, 5.74) is 6.75. The van der Waals surface area contributed by atoms with Gasteiger partial charge in [0.15, 0.2) is 0 Å². The molecule has 0 radical (unpaired) electrons. The summed E-state index contributed by atoms with van der Waals surface area (Å²) in [7, 11) is 0. The van der Waals surface area contributed by atoms with Crippen LogP contribution in [0, 0.1) is 18.4 Å². The van der Waals surface area contributed by atoms with E-state index >= 15 is 0 Å². The summed E-state index contributed by atoms with van der Waals surface area (Å²) in [6.07, 6.45) is 1.89. The first-order valence-corrected chi connectivity index (χ1v) is 9.02. The van der Waals surface area contributed by atoms with Crippen LogP contribution in [-0.2, 0) is 0 Å². The first-order valence-electron chi connectivity index (χ1n) is 8.20. The molecule has 5 rings (SSSR count). The number of aliphatic imine (C=N–C) groups is 1. The lowest BCUT2D eigenvalue weighted by Gasteiger charge is -2.04. The molecule has 4 aromatic rings. The summed E-state index contributed by atoms with van der Waals surface area (Å²) >= 11 is 1.77. The second kappa shape index (κ2) is 5.58. The van der Waals surface area contributed by atoms with E-state index in [-0.39, 0.29) is 0 Å². The van der Waals surface area contributed by atoms with Crippen molar-refractivity contribution in [3.8, 4) is 27.9 Å². The van der Waals surface area contributed by atoms with Crippen LogP contribution in [0.1, 0.15) is 16.1 Å². The molecule has 0 aliphatic heterocycles. The highest BCUT2D eigenvalue weighted by Gasteiger charge is 2.28. The Morgan fingerprint density at radius 1 is 0.923 bits per heavy atom. The monoisotopic (exact) mass is 352 g/mol. The van der Waals surface area contributed by atoms with Gasteiger partial charge in [-0.25, -0.2) is 9.97 Å². The van der Waals surface area contributed by atoms with Crippen molar-refractivity contribution in [2.75, 3.05) is 0 Å². The van der Waals surface area contributed by atoms with E-state index in [1.54, 1.807) is 11.3 Å². The van der Waals surface area contributed by atoms with Crippen LogP contribution < -0.4 is 0 Å². The van der Waals surface area contributed by atoms with Gasteiger partial charge in [0.1, 0.15) is 11.4 Å². The van der Waals surface area contributed by atoms with Gasteiger partial charge in [0.25, 0.3) is 0 Å². The number of rotatable bonds is 1. The van der Waals surface area contributed by atoms with Crippen molar-refractivity contribution in [2.24, 2.45) is 4.99 Å². The van der Waals surface area contributed by atoms with E-state index in [1.165, 1.54) is 9.75 Å². The summed E-state index contributed by atoms with van der Waals surface area (Å²) in [6.45, 7) is 2.11. The van der Waals surface area contributed by atoms with Crippen molar-refractivity contribution in [3.63, 3.8) is 0 Å². The average Bonchev–Trinajstić information content (AvgIpc) is 3.22. The highest BCUT2D eigenvalue weighted by Crippen LogP contribution is 2.36. The molecule has 0 saturated carbocycles. The third-order valence-corrected chi connectivity index (χ3v) is 5.56. The van der Waals surface area contributed by atoms with E-state index in [0.717, 1.165) is 33.4 Å². The Hall–Kier alpha value is -3.36. The van der Waals surface area contributed by atoms with Gasteiger partial charge in [-0.1, -0.05) is 30.3 Å². The second-order valence-electron chi connectivity index (χ2n) is 6.14. The zero-order valence-corrected chi connectivity index (χ0v) is 14.7. The lowest BCUT2D eigenvalue weighted by molar-refractivity contribution is 1.28. The van der Waals surface area contributed by atoms with E-state index in [4.69, 9.17) is 15.2 Å². The number of thiophene rings is 1. The molecule has 0 atom stereocenters. The normalized spacial score (nSPS) is 13.6. The second-order valence-corrected chi connectivity index (χ2v) is 7.43. The van der Waals surface area contributed by atoms with Crippen LogP contribution in [0.15, 0.2) is 59.6 Å². The van der Waals surface area contributed by atoms with E-state index in [2.05, 4.69) is 36.2 Å². The predicted molar refractivity (Wildman–Crippen MR) is 104 cm³/mol. The first kappa shape index (κ1) is 14.9. The molecule has 2 aromatic carbocycles. The van der Waals surface area contributed by atoms with E-state index in [0.29, 0.717) is 11.4 Å². The van der Waals surface area contributed by atoms with E-state index in [1.807, 2.05) is 36.5 Å². The Labute approximate surface area is 154 Å². The lowest BCUT2D eigenvalue weighted by Crippen LogP contribution is -2.01. The Kier molecular flexibility index (Phi) is 3.21. The summed E-state index contributed by atoms with van der Waals surface area (Å²) in [5.74, 6) is 0. The minimum absolute atomic E-state index is 0.602. The van der Waals surface area contributed by atoms with E-state index < -0.39 is 0 Å². The van der Waals surface area contributed by atoms with Crippen molar-refractivity contribution < 1.29 is 0 Å². The maximum atomic E-state index is 9.07. The van der Waals surface area contributed by atoms with Gasteiger partial charge in [0.2, 0.25) is 6.19 Å². The van der Waals surface area contributed by atoms with Crippen molar-refractivity contribution in [2.45, 2.75) is 6.92 Å². The van der Waals surface area contributed by atoms with Crippen LogP contribution in [0.25, 0.3) is 32.7 Å². The van der Waals surface area contributed by atoms with Crippen molar-refractivity contribution in [1.82, 2.24) is 9.97 Å². The van der Waals surface area contributed by atoms with Gasteiger partial charge in [0, 0.05) is 20.9 Å². The van der Waals surface area contributed by atoms with Crippen LogP contribution >= 0.6 is 11.3 Å². The van der Waals surface area contributed by atoms with Crippen LogP contribution in [0.3, 0.4) is 0 Å². The highest BCUT2D eigenvalue weighted by atomic mass is 32.1. The van der Waals surface area contributed by atoms with Gasteiger partial charge in [0.05, 0.1) is 16.7 Å². The molecular formula is C21H12N4S. The molecule has 2 heterocycles. The highest BCUT2D eigenvalue weighted by molar-refractivity contribution is 7.15. The largest absolute Gasteiger partial charge is 0.244 e. The molecule has 0 unspecified atom stereocenters. The zero-order valence-electron chi connectivity index (χ0n) is 13.9. The molecule has 26 heavy (non-hydrogen) atoms. The third-order valence-electron chi connectivity index (χ3n) is 4.51. The molecule has 0 saturated heterocycles.